The first kappa shape index (κ1) is 18.9. The molecule has 1 saturated carbocycles. The van der Waals surface area contributed by atoms with Crippen LogP contribution < -0.4 is 5.32 Å². The van der Waals surface area contributed by atoms with Gasteiger partial charge in [0.2, 0.25) is 5.91 Å². The van der Waals surface area contributed by atoms with Crippen molar-refractivity contribution in [3.8, 4) is 0 Å². The highest BCUT2D eigenvalue weighted by Gasteiger charge is 2.49. The van der Waals surface area contributed by atoms with Crippen molar-refractivity contribution in [3.05, 3.63) is 29.8 Å². The number of urea groups is 1. The number of hydrogen-bond acceptors (Lipinski definition) is 4. The van der Waals surface area contributed by atoms with Gasteiger partial charge in [-0.1, -0.05) is 19.8 Å². The summed E-state index contributed by atoms with van der Waals surface area (Å²) in [4.78, 5) is 50.6. The highest BCUT2D eigenvalue weighted by Crippen LogP contribution is 2.31. The SMILES string of the molecule is C[C@H]1CCCC[C@@H]1N1C(=O)C(=O)N(CC(=O)Nc2ccc(F)cc2F)C1=O. The predicted octanol–water partition coefficient (Wildman–Crippen LogP) is 2.27. The van der Waals surface area contributed by atoms with Crippen LogP contribution in [0, 0.1) is 17.6 Å². The van der Waals surface area contributed by atoms with E-state index >= 15 is 0 Å². The van der Waals surface area contributed by atoms with Gasteiger partial charge in [-0.3, -0.25) is 19.3 Å². The first-order valence-electron chi connectivity index (χ1n) is 8.73. The van der Waals surface area contributed by atoms with Crippen molar-refractivity contribution in [2.75, 3.05) is 11.9 Å². The number of imide groups is 2. The summed E-state index contributed by atoms with van der Waals surface area (Å²) >= 11 is 0. The Kier molecular flexibility index (Phi) is 5.20. The normalized spacial score (nSPS) is 23.1. The minimum Gasteiger partial charge on any atom is -0.322 e. The third-order valence-corrected chi connectivity index (χ3v) is 4.99. The minimum absolute atomic E-state index is 0.0709. The van der Waals surface area contributed by atoms with E-state index < -0.39 is 41.9 Å². The van der Waals surface area contributed by atoms with Crippen LogP contribution in [0.25, 0.3) is 0 Å². The Morgan fingerprint density at radius 1 is 1.15 bits per heavy atom. The van der Waals surface area contributed by atoms with Crippen LogP contribution in [0.5, 0.6) is 0 Å². The summed E-state index contributed by atoms with van der Waals surface area (Å²) in [5.74, 6) is -4.61. The van der Waals surface area contributed by atoms with E-state index in [4.69, 9.17) is 0 Å². The minimum atomic E-state index is -1.08. The molecule has 2 fully saturated rings. The smallest absolute Gasteiger partial charge is 0.322 e. The molecule has 0 radical (unpaired) electrons. The monoisotopic (exact) mass is 379 g/mol. The zero-order valence-corrected chi connectivity index (χ0v) is 14.7. The van der Waals surface area contributed by atoms with Gasteiger partial charge in [-0.05, 0) is 30.9 Å². The molecule has 5 amide bonds. The van der Waals surface area contributed by atoms with Gasteiger partial charge in [0, 0.05) is 12.1 Å². The average Bonchev–Trinajstić information content (AvgIpc) is 2.82. The highest BCUT2D eigenvalue weighted by molar-refractivity contribution is 6.45. The molecule has 1 aliphatic heterocycles. The Hall–Kier alpha value is -2.84. The molecule has 1 aromatic rings. The summed E-state index contributed by atoms with van der Waals surface area (Å²) in [6.07, 6.45) is 3.31. The van der Waals surface area contributed by atoms with Crippen molar-refractivity contribution in [1.82, 2.24) is 9.80 Å². The lowest BCUT2D eigenvalue weighted by atomic mass is 9.85. The van der Waals surface area contributed by atoms with Gasteiger partial charge in [0.25, 0.3) is 0 Å². The molecule has 1 N–H and O–H groups in total. The Labute approximate surface area is 154 Å². The van der Waals surface area contributed by atoms with Crippen molar-refractivity contribution in [1.29, 1.82) is 0 Å². The van der Waals surface area contributed by atoms with Crippen LogP contribution in [0.1, 0.15) is 32.6 Å². The average molecular weight is 379 g/mol. The van der Waals surface area contributed by atoms with Crippen LogP contribution >= 0.6 is 0 Å². The second-order valence-corrected chi connectivity index (χ2v) is 6.85. The molecule has 0 bridgehead atoms. The zero-order chi connectivity index (χ0) is 19.7. The summed E-state index contributed by atoms with van der Waals surface area (Å²) in [5, 5.41) is 2.17. The number of carbonyl (C=O) groups is 4. The third kappa shape index (κ3) is 3.67. The molecule has 27 heavy (non-hydrogen) atoms. The maximum absolute atomic E-state index is 13.6. The maximum Gasteiger partial charge on any atom is 0.334 e. The Morgan fingerprint density at radius 3 is 2.52 bits per heavy atom. The van der Waals surface area contributed by atoms with E-state index in [1.54, 1.807) is 0 Å². The van der Waals surface area contributed by atoms with Crippen LogP contribution in [0.4, 0.5) is 19.3 Å². The van der Waals surface area contributed by atoms with Gasteiger partial charge < -0.3 is 5.32 Å². The predicted molar refractivity (Wildman–Crippen MR) is 90.4 cm³/mol. The fourth-order valence-electron chi connectivity index (χ4n) is 3.56. The lowest BCUT2D eigenvalue weighted by Gasteiger charge is -2.34. The maximum atomic E-state index is 13.6. The largest absolute Gasteiger partial charge is 0.334 e. The molecule has 2 atom stereocenters. The van der Waals surface area contributed by atoms with Gasteiger partial charge in [-0.15, -0.1) is 0 Å². The lowest BCUT2D eigenvalue weighted by molar-refractivity contribution is -0.145. The molecule has 9 heteroatoms. The van der Waals surface area contributed by atoms with Crippen LogP contribution in [-0.2, 0) is 14.4 Å². The molecule has 144 valence electrons. The standard InChI is InChI=1S/C18H19F2N3O4/c1-10-4-2-3-5-14(10)23-17(26)16(25)22(18(23)27)9-15(24)21-13-7-6-11(19)8-12(13)20/h6-8,10,14H,2-5,9H2,1H3,(H,21,24)/t10-,14-/m0/s1. The van der Waals surface area contributed by atoms with Gasteiger partial charge in [0.15, 0.2) is 0 Å². The van der Waals surface area contributed by atoms with E-state index in [2.05, 4.69) is 5.32 Å². The molecule has 0 unspecified atom stereocenters. The Bertz CT molecular complexity index is 814. The van der Waals surface area contributed by atoms with E-state index in [0.717, 1.165) is 36.3 Å². The number of nitrogens with one attached hydrogen (secondary N) is 1. The fraction of sp³-hybridized carbons (Fsp3) is 0.444. The van der Waals surface area contributed by atoms with Crippen molar-refractivity contribution in [2.45, 2.75) is 38.6 Å². The number of benzene rings is 1. The number of anilines is 1. The van der Waals surface area contributed by atoms with Crippen molar-refractivity contribution < 1.29 is 28.0 Å². The van der Waals surface area contributed by atoms with E-state index in [0.29, 0.717) is 17.4 Å². The molecule has 3 rings (SSSR count). The molecule has 1 aromatic carbocycles. The summed E-state index contributed by atoms with van der Waals surface area (Å²) in [6.45, 7) is 1.19. The third-order valence-electron chi connectivity index (χ3n) is 4.99. The molecule has 0 spiro atoms. The number of halogens is 2. The van der Waals surface area contributed by atoms with Crippen LogP contribution in [0.3, 0.4) is 0 Å². The molecule has 1 saturated heterocycles. The zero-order valence-electron chi connectivity index (χ0n) is 14.7. The summed E-state index contributed by atoms with van der Waals surface area (Å²) < 4.78 is 26.5. The van der Waals surface area contributed by atoms with Crippen molar-refractivity contribution in [2.24, 2.45) is 5.92 Å². The van der Waals surface area contributed by atoms with Crippen molar-refractivity contribution >= 4 is 29.4 Å². The topological polar surface area (TPSA) is 86.8 Å². The number of hydrogen-bond donors (Lipinski definition) is 1. The number of nitrogens with zero attached hydrogens (tertiary/aromatic N) is 2. The summed E-state index contributed by atoms with van der Waals surface area (Å²) in [6, 6.07) is 1.37. The van der Waals surface area contributed by atoms with Crippen molar-refractivity contribution in [3.63, 3.8) is 0 Å². The van der Waals surface area contributed by atoms with Crippen LogP contribution in [0.15, 0.2) is 18.2 Å². The van der Waals surface area contributed by atoms with E-state index in [1.165, 1.54) is 0 Å². The number of rotatable bonds is 4. The fourth-order valence-corrected chi connectivity index (χ4v) is 3.56. The molecular formula is C18H19F2N3O4. The summed E-state index contributed by atoms with van der Waals surface area (Å²) in [7, 11) is 0. The number of amides is 5. The molecule has 7 nitrogen and oxygen atoms in total. The number of carbonyl (C=O) groups excluding carboxylic acids is 4. The Morgan fingerprint density at radius 2 is 1.85 bits per heavy atom. The first-order chi connectivity index (χ1) is 12.8. The van der Waals surface area contributed by atoms with Crippen LogP contribution in [-0.4, -0.2) is 46.1 Å². The molecule has 2 aliphatic rings. The second kappa shape index (κ2) is 7.42. The van der Waals surface area contributed by atoms with E-state index in [9.17, 15) is 28.0 Å². The van der Waals surface area contributed by atoms with Gasteiger partial charge in [0.05, 0.1) is 5.69 Å². The molecule has 0 aromatic heterocycles. The van der Waals surface area contributed by atoms with Gasteiger partial charge in [-0.2, -0.15) is 0 Å². The first-order valence-corrected chi connectivity index (χ1v) is 8.73. The highest BCUT2D eigenvalue weighted by atomic mass is 19.1. The summed E-state index contributed by atoms with van der Waals surface area (Å²) in [5.41, 5.74) is -0.287. The van der Waals surface area contributed by atoms with Gasteiger partial charge in [-0.25, -0.2) is 18.5 Å². The quantitative estimate of drug-likeness (QED) is 0.642. The van der Waals surface area contributed by atoms with E-state index in [1.807, 2.05) is 6.92 Å². The molecular weight excluding hydrogens is 360 g/mol. The molecule has 1 heterocycles. The van der Waals surface area contributed by atoms with Crippen LogP contribution in [0.2, 0.25) is 0 Å². The lowest BCUT2D eigenvalue weighted by Crippen LogP contribution is -2.46. The second-order valence-electron chi connectivity index (χ2n) is 6.85. The molecule has 1 aliphatic carbocycles. The van der Waals surface area contributed by atoms with E-state index in [-0.39, 0.29) is 17.6 Å². The Balaban J connectivity index is 1.71. The van der Waals surface area contributed by atoms with Gasteiger partial charge >= 0.3 is 17.8 Å². The van der Waals surface area contributed by atoms with Gasteiger partial charge in [0.1, 0.15) is 18.2 Å².